The lowest BCUT2D eigenvalue weighted by atomic mass is 10.1. The van der Waals surface area contributed by atoms with Crippen molar-refractivity contribution in [2.75, 3.05) is 5.32 Å². The van der Waals surface area contributed by atoms with E-state index in [9.17, 15) is 9.59 Å². The molecule has 0 saturated carbocycles. The number of ether oxygens (including phenoxy) is 1. The highest BCUT2D eigenvalue weighted by molar-refractivity contribution is 6.30. The number of nitrogens with zero attached hydrogens (tertiary/aromatic N) is 2. The standard InChI is InChI=1S/C26H22ClN3O3/c1-17-4-3-5-23(18(17)2)28-26(32)20-8-12-22(13-9-20)30-25(31)15-14-24(29-30)33-16-19-6-10-21(27)11-7-19/h3-15H,16H2,1-2H3,(H,28,32). The van der Waals surface area contributed by atoms with E-state index < -0.39 is 0 Å². The van der Waals surface area contributed by atoms with Crippen LogP contribution in [0.3, 0.4) is 0 Å². The molecule has 33 heavy (non-hydrogen) atoms. The molecular formula is C26H22ClN3O3. The average molecular weight is 460 g/mol. The van der Waals surface area contributed by atoms with E-state index in [0.29, 0.717) is 28.8 Å². The molecule has 6 nitrogen and oxygen atoms in total. The van der Waals surface area contributed by atoms with E-state index >= 15 is 0 Å². The molecular weight excluding hydrogens is 438 g/mol. The lowest BCUT2D eigenvalue weighted by Crippen LogP contribution is -2.21. The van der Waals surface area contributed by atoms with E-state index in [0.717, 1.165) is 22.4 Å². The third-order valence-electron chi connectivity index (χ3n) is 5.30. The number of rotatable bonds is 6. The molecule has 0 aliphatic heterocycles. The molecule has 0 fully saturated rings. The lowest BCUT2D eigenvalue weighted by Gasteiger charge is -2.11. The van der Waals surface area contributed by atoms with Crippen LogP contribution in [0.4, 0.5) is 5.69 Å². The zero-order valence-corrected chi connectivity index (χ0v) is 19.0. The van der Waals surface area contributed by atoms with E-state index in [1.165, 1.54) is 16.8 Å². The number of benzene rings is 3. The second-order valence-corrected chi connectivity index (χ2v) is 8.02. The minimum atomic E-state index is -0.304. The summed E-state index contributed by atoms with van der Waals surface area (Å²) in [6.45, 7) is 4.26. The Morgan fingerprint density at radius 2 is 1.70 bits per heavy atom. The second-order valence-electron chi connectivity index (χ2n) is 7.59. The highest BCUT2D eigenvalue weighted by Crippen LogP contribution is 2.19. The fourth-order valence-electron chi connectivity index (χ4n) is 3.23. The summed E-state index contributed by atoms with van der Waals surface area (Å²) in [5, 5.41) is 7.88. The number of aromatic nitrogens is 2. The number of amides is 1. The molecule has 4 aromatic rings. The number of hydrogen-bond donors (Lipinski definition) is 1. The highest BCUT2D eigenvalue weighted by atomic mass is 35.5. The van der Waals surface area contributed by atoms with Gasteiger partial charge in [0.25, 0.3) is 11.5 Å². The Bertz CT molecular complexity index is 1350. The Morgan fingerprint density at radius 1 is 0.970 bits per heavy atom. The Morgan fingerprint density at radius 3 is 2.42 bits per heavy atom. The Kier molecular flexibility index (Phi) is 6.56. The van der Waals surface area contributed by atoms with Crippen LogP contribution in [0.25, 0.3) is 5.69 Å². The maximum absolute atomic E-state index is 12.7. The summed E-state index contributed by atoms with van der Waals surface area (Å²) in [6, 6.07) is 22.7. The van der Waals surface area contributed by atoms with Crippen LogP contribution in [-0.4, -0.2) is 15.7 Å². The number of carbonyl (C=O) groups excluding carboxylic acids is 1. The van der Waals surface area contributed by atoms with Crippen molar-refractivity contribution in [2.24, 2.45) is 0 Å². The molecule has 166 valence electrons. The summed E-state index contributed by atoms with van der Waals surface area (Å²) in [7, 11) is 0. The first-order valence-electron chi connectivity index (χ1n) is 10.4. The molecule has 1 aromatic heterocycles. The predicted octanol–water partition coefficient (Wildman–Crippen LogP) is 5.33. The van der Waals surface area contributed by atoms with Crippen molar-refractivity contribution in [2.45, 2.75) is 20.5 Å². The highest BCUT2D eigenvalue weighted by Gasteiger charge is 2.10. The minimum absolute atomic E-state index is 0.226. The van der Waals surface area contributed by atoms with Gasteiger partial charge in [0.05, 0.1) is 5.69 Å². The van der Waals surface area contributed by atoms with Gasteiger partial charge < -0.3 is 10.1 Å². The molecule has 0 aliphatic carbocycles. The summed E-state index contributed by atoms with van der Waals surface area (Å²) < 4.78 is 6.96. The molecule has 3 aromatic carbocycles. The first kappa shape index (κ1) is 22.3. The Labute approximate surface area is 196 Å². The summed E-state index contributed by atoms with van der Waals surface area (Å²) in [5.41, 5.74) is 4.52. The second kappa shape index (κ2) is 9.71. The van der Waals surface area contributed by atoms with E-state index in [4.69, 9.17) is 16.3 Å². The summed E-state index contributed by atoms with van der Waals surface area (Å²) in [5.74, 6) is 0.0805. The van der Waals surface area contributed by atoms with Gasteiger partial charge in [0.15, 0.2) is 0 Å². The van der Waals surface area contributed by atoms with Gasteiger partial charge in [-0.2, -0.15) is 4.68 Å². The average Bonchev–Trinajstić information content (AvgIpc) is 2.82. The summed E-state index contributed by atoms with van der Waals surface area (Å²) in [6.07, 6.45) is 0. The zero-order chi connectivity index (χ0) is 23.4. The van der Waals surface area contributed by atoms with Gasteiger partial charge in [0.2, 0.25) is 5.88 Å². The van der Waals surface area contributed by atoms with Crippen molar-refractivity contribution in [1.29, 1.82) is 0 Å². The van der Waals surface area contributed by atoms with Crippen LogP contribution in [0.15, 0.2) is 83.7 Å². The largest absolute Gasteiger partial charge is 0.472 e. The first-order chi connectivity index (χ1) is 15.9. The van der Waals surface area contributed by atoms with E-state index in [1.807, 2.05) is 44.2 Å². The van der Waals surface area contributed by atoms with Crippen LogP contribution < -0.4 is 15.6 Å². The van der Waals surface area contributed by atoms with Crippen molar-refractivity contribution in [1.82, 2.24) is 9.78 Å². The van der Waals surface area contributed by atoms with Crippen LogP contribution in [-0.2, 0) is 6.61 Å². The number of carbonyl (C=O) groups is 1. The van der Waals surface area contributed by atoms with Crippen LogP contribution in [0, 0.1) is 13.8 Å². The quantitative estimate of drug-likeness (QED) is 0.422. The molecule has 0 bridgehead atoms. The van der Waals surface area contributed by atoms with Gasteiger partial charge in [-0.25, -0.2) is 0 Å². The molecule has 0 aliphatic rings. The topological polar surface area (TPSA) is 73.2 Å². The summed E-state index contributed by atoms with van der Waals surface area (Å²) >= 11 is 5.90. The number of halogens is 1. The van der Waals surface area contributed by atoms with E-state index in [2.05, 4.69) is 10.4 Å². The van der Waals surface area contributed by atoms with Crippen molar-refractivity contribution < 1.29 is 9.53 Å². The molecule has 0 radical (unpaired) electrons. The molecule has 0 spiro atoms. The number of hydrogen-bond acceptors (Lipinski definition) is 4. The molecule has 0 unspecified atom stereocenters. The zero-order valence-electron chi connectivity index (χ0n) is 18.2. The molecule has 0 saturated heterocycles. The number of anilines is 1. The minimum Gasteiger partial charge on any atom is -0.472 e. The monoisotopic (exact) mass is 459 g/mol. The van der Waals surface area contributed by atoms with Crippen LogP contribution in [0.5, 0.6) is 5.88 Å². The number of aryl methyl sites for hydroxylation is 1. The van der Waals surface area contributed by atoms with E-state index in [1.54, 1.807) is 36.4 Å². The normalized spacial score (nSPS) is 10.6. The molecule has 1 N–H and O–H groups in total. The van der Waals surface area contributed by atoms with Gasteiger partial charge >= 0.3 is 0 Å². The Balaban J connectivity index is 1.49. The maximum Gasteiger partial charge on any atom is 0.271 e. The molecule has 4 rings (SSSR count). The summed E-state index contributed by atoms with van der Waals surface area (Å²) in [4.78, 5) is 25.0. The van der Waals surface area contributed by atoms with Crippen LogP contribution >= 0.6 is 11.6 Å². The van der Waals surface area contributed by atoms with Gasteiger partial charge in [-0.3, -0.25) is 9.59 Å². The smallest absolute Gasteiger partial charge is 0.271 e. The van der Waals surface area contributed by atoms with Crippen molar-refractivity contribution in [3.8, 4) is 11.6 Å². The van der Waals surface area contributed by atoms with Gasteiger partial charge in [-0.05, 0) is 73.0 Å². The van der Waals surface area contributed by atoms with Crippen LogP contribution in [0.1, 0.15) is 27.0 Å². The first-order valence-corrected chi connectivity index (χ1v) is 10.7. The fourth-order valence-corrected chi connectivity index (χ4v) is 3.36. The van der Waals surface area contributed by atoms with E-state index in [-0.39, 0.29) is 11.5 Å². The SMILES string of the molecule is Cc1cccc(NC(=O)c2ccc(-n3nc(OCc4ccc(Cl)cc4)ccc3=O)cc2)c1C. The number of nitrogens with one attached hydrogen (secondary N) is 1. The molecule has 1 amide bonds. The third-order valence-corrected chi connectivity index (χ3v) is 5.55. The van der Waals surface area contributed by atoms with Crippen molar-refractivity contribution >= 4 is 23.2 Å². The lowest BCUT2D eigenvalue weighted by molar-refractivity contribution is 0.102. The Hall–Kier alpha value is -3.90. The third kappa shape index (κ3) is 5.30. The fraction of sp³-hybridized carbons (Fsp3) is 0.115. The van der Waals surface area contributed by atoms with Crippen molar-refractivity contribution in [3.63, 3.8) is 0 Å². The van der Waals surface area contributed by atoms with Gasteiger partial charge in [-0.1, -0.05) is 35.9 Å². The van der Waals surface area contributed by atoms with Gasteiger partial charge in [-0.15, -0.1) is 5.10 Å². The van der Waals surface area contributed by atoms with Crippen LogP contribution in [0.2, 0.25) is 5.02 Å². The molecule has 1 heterocycles. The molecule has 0 atom stereocenters. The van der Waals surface area contributed by atoms with Gasteiger partial charge in [0.1, 0.15) is 6.61 Å². The maximum atomic E-state index is 12.7. The van der Waals surface area contributed by atoms with Crippen molar-refractivity contribution in [3.05, 3.63) is 116 Å². The van der Waals surface area contributed by atoms with Gasteiger partial charge in [0, 0.05) is 28.4 Å². The molecule has 7 heteroatoms. The predicted molar refractivity (Wildman–Crippen MR) is 129 cm³/mol.